The van der Waals surface area contributed by atoms with Gasteiger partial charge in [0.1, 0.15) is 12.7 Å². The minimum atomic E-state index is -4.76. The van der Waals surface area contributed by atoms with Crippen molar-refractivity contribution in [2.45, 2.75) is 264 Å². The second-order valence-corrected chi connectivity index (χ2v) is 20.2. The highest BCUT2D eigenvalue weighted by Crippen LogP contribution is 2.43. The number of aliphatic hydroxyl groups is 1. The molecule has 70 heavy (non-hydrogen) atoms. The van der Waals surface area contributed by atoms with Crippen molar-refractivity contribution in [2.75, 3.05) is 26.4 Å². The summed E-state index contributed by atoms with van der Waals surface area (Å²) in [5.41, 5.74) is 0. The Labute approximate surface area is 427 Å². The Balaban J connectivity index is 4.76. The molecule has 0 fully saturated rings. The molecule has 3 unspecified atom stereocenters. The number of phosphoric ester groups is 1. The van der Waals surface area contributed by atoms with Crippen molar-refractivity contribution in [1.29, 1.82) is 0 Å². The van der Waals surface area contributed by atoms with Gasteiger partial charge in [0.05, 0.1) is 19.8 Å². The molecule has 0 saturated heterocycles. The number of unbranched alkanes of at least 4 members (excludes halogenated alkanes) is 25. The Morgan fingerprint density at radius 2 is 0.743 bits per heavy atom. The zero-order valence-corrected chi connectivity index (χ0v) is 45.6. The predicted octanol–water partition coefficient (Wildman–Crippen LogP) is 16.4. The number of rotatable bonds is 52. The molecule has 0 aliphatic rings. The van der Waals surface area contributed by atoms with Crippen LogP contribution in [0.2, 0.25) is 0 Å². The fourth-order valence-corrected chi connectivity index (χ4v) is 8.42. The van der Waals surface area contributed by atoms with Gasteiger partial charge in [-0.25, -0.2) is 4.57 Å². The summed E-state index contributed by atoms with van der Waals surface area (Å²) in [6, 6.07) is 0. The van der Waals surface area contributed by atoms with E-state index in [1.807, 2.05) is 0 Å². The number of hydrogen-bond donors (Lipinski definition) is 2. The van der Waals surface area contributed by atoms with Crippen LogP contribution in [0.1, 0.15) is 252 Å². The van der Waals surface area contributed by atoms with Crippen LogP contribution in [0, 0.1) is 0 Å². The van der Waals surface area contributed by atoms with Crippen LogP contribution in [0.25, 0.3) is 0 Å². The molecule has 0 radical (unpaired) electrons. The molecule has 0 spiro atoms. The Morgan fingerprint density at radius 1 is 0.414 bits per heavy atom. The zero-order valence-electron chi connectivity index (χ0n) is 44.7. The van der Waals surface area contributed by atoms with Crippen LogP contribution in [0.3, 0.4) is 0 Å². The molecule has 0 aliphatic carbocycles. The van der Waals surface area contributed by atoms with E-state index in [2.05, 4.69) is 81.5 Å². The second-order valence-electron chi connectivity index (χ2n) is 18.7. The molecule has 0 aromatic heterocycles. The molecule has 0 aliphatic heterocycles. The molecule has 12 heteroatoms. The van der Waals surface area contributed by atoms with E-state index in [4.69, 9.17) is 23.3 Å². The number of allylic oxidation sites excluding steroid dienone is 10. The lowest BCUT2D eigenvalue weighted by Crippen LogP contribution is -2.30. The van der Waals surface area contributed by atoms with Gasteiger partial charge < -0.3 is 24.2 Å². The molecule has 11 nitrogen and oxygen atoms in total. The summed E-state index contributed by atoms with van der Waals surface area (Å²) in [5, 5.41) is 9.80. The number of aliphatic hydroxyl groups excluding tert-OH is 1. The van der Waals surface area contributed by atoms with E-state index >= 15 is 0 Å². The number of hydrogen-bond acceptors (Lipinski definition) is 10. The molecular weight excluding hydrogens is 904 g/mol. The molecule has 406 valence electrons. The summed E-state index contributed by atoms with van der Waals surface area (Å²) in [4.78, 5) is 48.4. The SMILES string of the molecule is CC/C=C\C/C=C\C/C=C\C/C=C\CCCCC(=O)OC(COC(=O)CCCCCCCCCCCCCCC)COP(=O)(O)OCC(CO)OC(=O)CCCCCCC/C=C\CCCCCCCC. The average molecular weight is 1010 g/mol. The predicted molar refractivity (Wildman–Crippen MR) is 288 cm³/mol. The third-order valence-corrected chi connectivity index (χ3v) is 12.9. The van der Waals surface area contributed by atoms with Crippen LogP contribution >= 0.6 is 7.82 Å². The Morgan fingerprint density at radius 3 is 1.19 bits per heavy atom. The average Bonchev–Trinajstić information content (AvgIpc) is 3.35. The maximum atomic E-state index is 12.9. The molecule has 0 amide bonds. The van der Waals surface area contributed by atoms with E-state index < -0.39 is 57.8 Å². The fraction of sp³-hybridized carbons (Fsp3) is 0.776. The summed E-state index contributed by atoms with van der Waals surface area (Å²) < 4.78 is 39.4. The van der Waals surface area contributed by atoms with Gasteiger partial charge in [0, 0.05) is 19.3 Å². The van der Waals surface area contributed by atoms with E-state index in [1.165, 1.54) is 96.3 Å². The lowest BCUT2D eigenvalue weighted by Gasteiger charge is -2.21. The van der Waals surface area contributed by atoms with Gasteiger partial charge in [-0.2, -0.15) is 0 Å². The van der Waals surface area contributed by atoms with Gasteiger partial charge in [-0.15, -0.1) is 0 Å². The Bertz CT molecular complexity index is 1410. The lowest BCUT2D eigenvalue weighted by molar-refractivity contribution is -0.161. The largest absolute Gasteiger partial charge is 0.472 e. The van der Waals surface area contributed by atoms with Gasteiger partial charge in [-0.05, 0) is 83.5 Å². The quantitative estimate of drug-likeness (QED) is 0.0197. The normalized spacial score (nSPS) is 13.8. The first-order chi connectivity index (χ1) is 34.2. The number of carbonyl (C=O) groups is 3. The number of carbonyl (C=O) groups excluding carboxylic acids is 3. The highest BCUT2D eigenvalue weighted by atomic mass is 31.2. The van der Waals surface area contributed by atoms with E-state index in [0.717, 1.165) is 96.3 Å². The Kier molecular flexibility index (Phi) is 50.4. The van der Waals surface area contributed by atoms with Crippen LogP contribution in [0.15, 0.2) is 60.8 Å². The summed E-state index contributed by atoms with van der Waals surface area (Å²) in [7, 11) is -4.76. The van der Waals surface area contributed by atoms with Crippen molar-refractivity contribution in [1.82, 2.24) is 0 Å². The first kappa shape index (κ1) is 67.2. The molecule has 0 saturated carbocycles. The summed E-state index contributed by atoms with van der Waals surface area (Å²) in [5.74, 6) is -1.52. The van der Waals surface area contributed by atoms with E-state index in [9.17, 15) is 28.9 Å². The third-order valence-electron chi connectivity index (χ3n) is 11.9. The molecule has 3 atom stereocenters. The van der Waals surface area contributed by atoms with Crippen LogP contribution < -0.4 is 0 Å². The summed E-state index contributed by atoms with van der Waals surface area (Å²) >= 11 is 0. The van der Waals surface area contributed by atoms with Gasteiger partial charge in [0.2, 0.25) is 0 Å². The third kappa shape index (κ3) is 50.1. The lowest BCUT2D eigenvalue weighted by atomic mass is 10.0. The van der Waals surface area contributed by atoms with Crippen LogP contribution in [0.5, 0.6) is 0 Å². The fourth-order valence-electron chi connectivity index (χ4n) is 7.64. The van der Waals surface area contributed by atoms with Crippen molar-refractivity contribution in [2.24, 2.45) is 0 Å². The van der Waals surface area contributed by atoms with Crippen molar-refractivity contribution in [3.05, 3.63) is 60.8 Å². The molecule has 0 aromatic carbocycles. The van der Waals surface area contributed by atoms with Crippen molar-refractivity contribution in [3.63, 3.8) is 0 Å². The highest BCUT2D eigenvalue weighted by Gasteiger charge is 2.28. The monoisotopic (exact) mass is 1010 g/mol. The zero-order chi connectivity index (χ0) is 51.3. The maximum Gasteiger partial charge on any atom is 0.472 e. The van der Waals surface area contributed by atoms with Crippen LogP contribution in [-0.2, 0) is 42.2 Å². The van der Waals surface area contributed by atoms with E-state index in [1.54, 1.807) is 0 Å². The molecule has 0 rings (SSSR count). The highest BCUT2D eigenvalue weighted by molar-refractivity contribution is 7.47. The standard InChI is InChI=1S/C58H103O11P/c1-4-7-10-13-16-19-22-25-27-30-33-36-39-42-45-48-57(61)68-54(50-59)52-66-70(63,64)67-53-55(51-65-56(60)47-44-41-38-35-32-29-24-21-18-15-12-9-6-3)69-58(62)49-46-43-40-37-34-31-28-26-23-20-17-14-11-8-5-2/h8,11,17,20,25-28,34,37,54-55,59H,4-7,9-10,12-16,18-19,21-24,29-33,35-36,38-53H2,1-3H3,(H,63,64)/b11-8-,20-17-,27-25-,28-26-,37-34-. The summed E-state index contributed by atoms with van der Waals surface area (Å²) in [6.07, 6.45) is 56.1. The molecule has 2 N–H and O–H groups in total. The van der Waals surface area contributed by atoms with E-state index in [0.29, 0.717) is 19.3 Å². The van der Waals surface area contributed by atoms with Crippen LogP contribution in [-0.4, -0.2) is 66.5 Å². The van der Waals surface area contributed by atoms with Crippen molar-refractivity contribution in [3.8, 4) is 0 Å². The molecular formula is C58H103O11P. The van der Waals surface area contributed by atoms with Crippen molar-refractivity contribution < 1.29 is 52.2 Å². The second kappa shape index (κ2) is 52.5. The first-order valence-corrected chi connectivity index (χ1v) is 29.7. The van der Waals surface area contributed by atoms with Gasteiger partial charge >= 0.3 is 25.7 Å². The number of phosphoric acid groups is 1. The smallest absolute Gasteiger partial charge is 0.462 e. The minimum Gasteiger partial charge on any atom is -0.462 e. The maximum absolute atomic E-state index is 12.9. The molecule has 0 bridgehead atoms. The molecule has 0 heterocycles. The van der Waals surface area contributed by atoms with Gasteiger partial charge in [-0.1, -0.05) is 210 Å². The Hall–Kier alpha value is -2.82. The topological polar surface area (TPSA) is 155 Å². The van der Waals surface area contributed by atoms with Gasteiger partial charge in [0.25, 0.3) is 0 Å². The molecule has 0 aromatic rings. The number of ether oxygens (including phenoxy) is 3. The van der Waals surface area contributed by atoms with Crippen LogP contribution in [0.4, 0.5) is 0 Å². The van der Waals surface area contributed by atoms with Gasteiger partial charge in [-0.3, -0.25) is 23.4 Å². The summed E-state index contributed by atoms with van der Waals surface area (Å²) in [6.45, 7) is 4.48. The number of esters is 3. The van der Waals surface area contributed by atoms with Crippen molar-refractivity contribution >= 4 is 25.7 Å². The first-order valence-electron chi connectivity index (χ1n) is 28.2. The minimum absolute atomic E-state index is 0.116. The van der Waals surface area contributed by atoms with E-state index in [-0.39, 0.29) is 25.9 Å². The van der Waals surface area contributed by atoms with Gasteiger partial charge in [0.15, 0.2) is 6.10 Å².